The monoisotopic (exact) mass is 394 g/mol. The largest absolute Gasteiger partial charge is 0.495 e. The van der Waals surface area contributed by atoms with Crippen LogP contribution in [0.15, 0.2) is 18.2 Å². The fourth-order valence-electron chi connectivity index (χ4n) is 3.48. The zero-order valence-corrected chi connectivity index (χ0v) is 16.1. The van der Waals surface area contributed by atoms with Crippen molar-refractivity contribution in [2.75, 3.05) is 31.6 Å². The van der Waals surface area contributed by atoms with Crippen LogP contribution in [0.1, 0.15) is 19.8 Å². The number of halogens is 1. The molecule has 0 bridgehead atoms. The number of methoxy groups -OCH3 is 1. The molecule has 0 spiro atoms. The topological polar surface area (TPSA) is 91.0 Å². The lowest BCUT2D eigenvalue weighted by molar-refractivity contribution is -0.132. The summed E-state index contributed by atoms with van der Waals surface area (Å²) in [5.74, 6) is 0.239. The van der Waals surface area contributed by atoms with Crippen molar-refractivity contribution in [2.45, 2.75) is 31.8 Å². The molecule has 0 saturated carbocycles. The number of nitrogens with one attached hydrogen (secondary N) is 2. The normalized spacial score (nSPS) is 22.5. The van der Waals surface area contributed by atoms with Gasteiger partial charge in [-0.3, -0.25) is 14.9 Å². The van der Waals surface area contributed by atoms with Crippen LogP contribution < -0.4 is 20.3 Å². The van der Waals surface area contributed by atoms with Crippen LogP contribution in [0.3, 0.4) is 0 Å². The number of hydrogen-bond donors (Lipinski definition) is 2. The van der Waals surface area contributed by atoms with E-state index >= 15 is 0 Å². The SMILES string of the molecule is COc1cc(N2CCN(C(=O)CC[C@H]3NC(=O)NC3=O)C[C@@H]2C)ccc1Cl. The molecule has 146 valence electrons. The summed E-state index contributed by atoms with van der Waals surface area (Å²) < 4.78 is 5.28. The van der Waals surface area contributed by atoms with E-state index in [4.69, 9.17) is 16.3 Å². The molecule has 0 aliphatic carbocycles. The van der Waals surface area contributed by atoms with Crippen molar-refractivity contribution in [1.82, 2.24) is 15.5 Å². The summed E-state index contributed by atoms with van der Waals surface area (Å²) in [6.45, 7) is 3.94. The van der Waals surface area contributed by atoms with Gasteiger partial charge in [0.1, 0.15) is 11.8 Å². The van der Waals surface area contributed by atoms with E-state index in [0.717, 1.165) is 5.69 Å². The van der Waals surface area contributed by atoms with Crippen molar-refractivity contribution in [2.24, 2.45) is 0 Å². The van der Waals surface area contributed by atoms with Crippen LogP contribution in [0, 0.1) is 0 Å². The fraction of sp³-hybridized carbons (Fsp3) is 0.500. The molecule has 8 nitrogen and oxygen atoms in total. The van der Waals surface area contributed by atoms with Gasteiger partial charge in [-0.2, -0.15) is 0 Å². The summed E-state index contributed by atoms with van der Waals surface area (Å²) >= 11 is 6.09. The quantitative estimate of drug-likeness (QED) is 0.736. The summed E-state index contributed by atoms with van der Waals surface area (Å²) in [4.78, 5) is 39.2. The van der Waals surface area contributed by atoms with Crippen molar-refractivity contribution in [3.05, 3.63) is 23.2 Å². The second kappa shape index (κ2) is 8.04. The molecule has 2 saturated heterocycles. The molecule has 27 heavy (non-hydrogen) atoms. The molecule has 3 rings (SSSR count). The maximum absolute atomic E-state index is 12.5. The number of anilines is 1. The molecule has 0 radical (unpaired) electrons. The van der Waals surface area contributed by atoms with Crippen LogP contribution in [0.2, 0.25) is 5.02 Å². The number of rotatable bonds is 5. The maximum atomic E-state index is 12.5. The second-order valence-corrected chi connectivity index (χ2v) is 7.16. The predicted molar refractivity (Wildman–Crippen MR) is 101 cm³/mol. The first-order valence-corrected chi connectivity index (χ1v) is 9.26. The van der Waals surface area contributed by atoms with Crippen molar-refractivity contribution in [1.29, 1.82) is 0 Å². The highest BCUT2D eigenvalue weighted by atomic mass is 35.5. The van der Waals surface area contributed by atoms with Crippen LogP contribution in [-0.2, 0) is 9.59 Å². The lowest BCUT2D eigenvalue weighted by atomic mass is 10.1. The molecular weight excluding hydrogens is 372 g/mol. The molecule has 1 aromatic carbocycles. The van der Waals surface area contributed by atoms with E-state index in [-0.39, 0.29) is 24.3 Å². The number of imide groups is 1. The number of nitrogens with zero attached hydrogens (tertiary/aromatic N) is 2. The minimum Gasteiger partial charge on any atom is -0.495 e. The Kier molecular flexibility index (Phi) is 5.74. The van der Waals surface area contributed by atoms with Crippen LogP contribution >= 0.6 is 11.6 Å². The first kappa shape index (κ1) is 19.3. The number of piperazine rings is 1. The van der Waals surface area contributed by atoms with Crippen molar-refractivity contribution < 1.29 is 19.1 Å². The molecule has 2 fully saturated rings. The first-order chi connectivity index (χ1) is 12.9. The van der Waals surface area contributed by atoms with E-state index in [2.05, 4.69) is 22.5 Å². The average Bonchev–Trinajstić information content (AvgIpc) is 2.97. The lowest BCUT2D eigenvalue weighted by Crippen LogP contribution is -2.54. The van der Waals surface area contributed by atoms with Gasteiger partial charge in [-0.15, -0.1) is 0 Å². The first-order valence-electron chi connectivity index (χ1n) is 8.88. The van der Waals surface area contributed by atoms with Gasteiger partial charge in [-0.05, 0) is 25.5 Å². The van der Waals surface area contributed by atoms with Gasteiger partial charge in [-0.25, -0.2) is 4.79 Å². The van der Waals surface area contributed by atoms with Gasteiger partial charge in [0.2, 0.25) is 5.91 Å². The average molecular weight is 395 g/mol. The maximum Gasteiger partial charge on any atom is 0.322 e. The minimum atomic E-state index is -0.623. The molecule has 0 aromatic heterocycles. The van der Waals surface area contributed by atoms with Gasteiger partial charge in [0.25, 0.3) is 5.91 Å². The molecule has 9 heteroatoms. The van der Waals surface area contributed by atoms with Gasteiger partial charge < -0.3 is 19.9 Å². The van der Waals surface area contributed by atoms with E-state index in [0.29, 0.717) is 36.8 Å². The molecule has 2 N–H and O–H groups in total. The third kappa shape index (κ3) is 4.27. The van der Waals surface area contributed by atoms with E-state index in [1.54, 1.807) is 13.2 Å². The third-order valence-corrected chi connectivity index (χ3v) is 5.26. The number of benzene rings is 1. The standard InChI is InChI=1S/C18H23ClN4O4/c1-11-10-22(16(24)6-5-14-17(25)21-18(26)20-14)7-8-23(11)12-3-4-13(19)15(9-12)27-2/h3-4,9,11,14H,5-8,10H2,1-2H3,(H2,20,21,25,26)/t11-,14+/m0/s1. The van der Waals surface area contributed by atoms with E-state index in [1.807, 2.05) is 17.0 Å². The minimum absolute atomic E-state index is 0.0101. The van der Waals surface area contributed by atoms with E-state index in [9.17, 15) is 14.4 Å². The molecule has 2 heterocycles. The zero-order valence-electron chi connectivity index (χ0n) is 15.3. The Morgan fingerprint density at radius 1 is 1.33 bits per heavy atom. The van der Waals surface area contributed by atoms with Crippen molar-refractivity contribution in [3.63, 3.8) is 0 Å². The molecule has 2 aliphatic rings. The third-order valence-electron chi connectivity index (χ3n) is 4.95. The summed E-state index contributed by atoms with van der Waals surface area (Å²) in [6.07, 6.45) is 0.527. The van der Waals surface area contributed by atoms with E-state index < -0.39 is 12.1 Å². The Hall–Kier alpha value is -2.48. The number of amides is 4. The Morgan fingerprint density at radius 2 is 2.11 bits per heavy atom. The highest BCUT2D eigenvalue weighted by Gasteiger charge is 2.31. The zero-order chi connectivity index (χ0) is 19.6. The summed E-state index contributed by atoms with van der Waals surface area (Å²) in [6, 6.07) is 4.65. The second-order valence-electron chi connectivity index (χ2n) is 6.75. The van der Waals surface area contributed by atoms with Crippen LogP contribution in [0.4, 0.5) is 10.5 Å². The van der Waals surface area contributed by atoms with Crippen LogP contribution in [0.5, 0.6) is 5.75 Å². The molecule has 1 aromatic rings. The van der Waals surface area contributed by atoms with Gasteiger partial charge in [-0.1, -0.05) is 11.6 Å². The van der Waals surface area contributed by atoms with Crippen molar-refractivity contribution in [3.8, 4) is 5.75 Å². The number of ether oxygens (including phenoxy) is 1. The molecule has 0 unspecified atom stereocenters. The smallest absolute Gasteiger partial charge is 0.322 e. The fourth-order valence-corrected chi connectivity index (χ4v) is 3.68. The van der Waals surface area contributed by atoms with E-state index in [1.165, 1.54) is 0 Å². The Bertz CT molecular complexity index is 757. The number of carbonyl (C=O) groups excluding carboxylic acids is 3. The predicted octanol–water partition coefficient (Wildman–Crippen LogP) is 1.37. The summed E-state index contributed by atoms with van der Waals surface area (Å²) in [5.41, 5.74) is 1.00. The van der Waals surface area contributed by atoms with Crippen molar-refractivity contribution >= 4 is 35.1 Å². The Labute approximate surface area is 162 Å². The molecular formula is C18H23ClN4O4. The summed E-state index contributed by atoms with van der Waals surface area (Å²) in [7, 11) is 1.58. The van der Waals surface area contributed by atoms with Gasteiger partial charge in [0, 0.05) is 43.9 Å². The van der Waals surface area contributed by atoms with Crippen LogP contribution in [0.25, 0.3) is 0 Å². The summed E-state index contributed by atoms with van der Waals surface area (Å²) in [5, 5.41) is 5.25. The Morgan fingerprint density at radius 3 is 2.74 bits per heavy atom. The van der Waals surface area contributed by atoms with Gasteiger partial charge >= 0.3 is 6.03 Å². The number of urea groups is 1. The number of carbonyl (C=O) groups is 3. The highest BCUT2D eigenvalue weighted by molar-refractivity contribution is 6.32. The van der Waals surface area contributed by atoms with Gasteiger partial charge in [0.15, 0.2) is 0 Å². The molecule has 4 amide bonds. The molecule has 2 atom stereocenters. The van der Waals surface area contributed by atoms with Gasteiger partial charge in [0.05, 0.1) is 12.1 Å². The highest BCUT2D eigenvalue weighted by Crippen LogP contribution is 2.31. The molecule has 2 aliphatic heterocycles. The number of hydrogen-bond acceptors (Lipinski definition) is 5. The lowest BCUT2D eigenvalue weighted by Gasteiger charge is -2.41. The Balaban J connectivity index is 1.55. The van der Waals surface area contributed by atoms with Crippen LogP contribution in [-0.4, -0.2) is 61.6 Å².